The highest BCUT2D eigenvalue weighted by atomic mass is 16.5. The summed E-state index contributed by atoms with van der Waals surface area (Å²) < 4.78 is 5.63. The molecule has 2 rings (SSSR count). The molecule has 4 heteroatoms. The Kier molecular flexibility index (Phi) is 3.99. The van der Waals surface area contributed by atoms with Crippen molar-refractivity contribution < 1.29 is 4.74 Å². The SMILES string of the molecule is CC(C)COc1ccc(-c2ncc(CN)[nH]2)cc1. The Balaban J connectivity index is 2.07. The maximum absolute atomic E-state index is 5.63. The number of hydrogen-bond acceptors (Lipinski definition) is 3. The van der Waals surface area contributed by atoms with E-state index in [-0.39, 0.29) is 0 Å². The van der Waals surface area contributed by atoms with Crippen molar-refractivity contribution in [2.24, 2.45) is 11.7 Å². The largest absolute Gasteiger partial charge is 0.493 e. The molecule has 1 aromatic heterocycles. The summed E-state index contributed by atoms with van der Waals surface area (Å²) in [5.74, 6) is 2.26. The van der Waals surface area contributed by atoms with Crippen molar-refractivity contribution in [3.05, 3.63) is 36.2 Å². The van der Waals surface area contributed by atoms with Crippen LogP contribution in [0, 0.1) is 5.92 Å². The van der Waals surface area contributed by atoms with Crippen molar-refractivity contribution in [3.8, 4) is 17.1 Å². The number of rotatable bonds is 5. The van der Waals surface area contributed by atoms with Gasteiger partial charge in [-0.2, -0.15) is 0 Å². The van der Waals surface area contributed by atoms with Gasteiger partial charge in [0.15, 0.2) is 0 Å². The van der Waals surface area contributed by atoms with Crippen LogP contribution < -0.4 is 10.5 Å². The summed E-state index contributed by atoms with van der Waals surface area (Å²) in [4.78, 5) is 7.46. The maximum atomic E-state index is 5.63. The molecule has 0 aliphatic heterocycles. The quantitative estimate of drug-likeness (QED) is 0.851. The predicted octanol–water partition coefficient (Wildman–Crippen LogP) is 2.57. The Morgan fingerprint density at radius 2 is 2.00 bits per heavy atom. The fourth-order valence-corrected chi connectivity index (χ4v) is 1.58. The lowest BCUT2D eigenvalue weighted by Gasteiger charge is -2.08. The lowest BCUT2D eigenvalue weighted by atomic mass is 10.2. The topological polar surface area (TPSA) is 63.9 Å². The summed E-state index contributed by atoms with van der Waals surface area (Å²) in [5, 5.41) is 0. The second kappa shape index (κ2) is 5.69. The molecule has 1 aromatic carbocycles. The van der Waals surface area contributed by atoms with E-state index in [0.717, 1.165) is 29.4 Å². The number of benzene rings is 1. The van der Waals surface area contributed by atoms with Crippen molar-refractivity contribution in [3.63, 3.8) is 0 Å². The molecule has 0 saturated carbocycles. The van der Waals surface area contributed by atoms with Crippen LogP contribution in [0.25, 0.3) is 11.4 Å². The molecule has 3 N–H and O–H groups in total. The molecule has 0 amide bonds. The molecule has 0 spiro atoms. The van der Waals surface area contributed by atoms with E-state index in [1.165, 1.54) is 0 Å². The summed E-state index contributed by atoms with van der Waals surface area (Å²) in [6.45, 7) is 5.47. The smallest absolute Gasteiger partial charge is 0.137 e. The van der Waals surface area contributed by atoms with Crippen molar-refractivity contribution in [2.75, 3.05) is 6.61 Å². The molecule has 0 fully saturated rings. The van der Waals surface area contributed by atoms with Crippen molar-refractivity contribution in [2.45, 2.75) is 20.4 Å². The third-order valence-corrected chi connectivity index (χ3v) is 2.56. The lowest BCUT2D eigenvalue weighted by molar-refractivity contribution is 0.271. The highest BCUT2D eigenvalue weighted by Gasteiger charge is 2.03. The monoisotopic (exact) mass is 245 g/mol. The molecule has 18 heavy (non-hydrogen) atoms. The van der Waals surface area contributed by atoms with Gasteiger partial charge in [0.25, 0.3) is 0 Å². The maximum Gasteiger partial charge on any atom is 0.137 e. The first-order chi connectivity index (χ1) is 8.69. The van der Waals surface area contributed by atoms with Crippen LogP contribution in [-0.4, -0.2) is 16.6 Å². The zero-order valence-electron chi connectivity index (χ0n) is 10.8. The van der Waals surface area contributed by atoms with Gasteiger partial charge in [-0.15, -0.1) is 0 Å². The van der Waals surface area contributed by atoms with Crippen molar-refractivity contribution in [1.82, 2.24) is 9.97 Å². The molecule has 4 nitrogen and oxygen atoms in total. The average Bonchev–Trinajstić information content (AvgIpc) is 2.85. The van der Waals surface area contributed by atoms with Crippen LogP contribution in [-0.2, 0) is 6.54 Å². The summed E-state index contributed by atoms with van der Waals surface area (Å²) in [6.07, 6.45) is 1.76. The van der Waals surface area contributed by atoms with Gasteiger partial charge >= 0.3 is 0 Å². The fourth-order valence-electron chi connectivity index (χ4n) is 1.58. The second-order valence-electron chi connectivity index (χ2n) is 4.69. The number of hydrogen-bond donors (Lipinski definition) is 2. The van der Waals surface area contributed by atoms with Crippen LogP contribution in [0.15, 0.2) is 30.5 Å². The van der Waals surface area contributed by atoms with Crippen LogP contribution in [0.1, 0.15) is 19.5 Å². The normalized spacial score (nSPS) is 10.9. The molecule has 96 valence electrons. The van der Waals surface area contributed by atoms with E-state index in [1.807, 2.05) is 24.3 Å². The predicted molar refractivity (Wildman–Crippen MR) is 72.2 cm³/mol. The van der Waals surface area contributed by atoms with Gasteiger partial charge in [0.1, 0.15) is 11.6 Å². The van der Waals surface area contributed by atoms with Crippen LogP contribution >= 0.6 is 0 Å². The lowest BCUT2D eigenvalue weighted by Crippen LogP contribution is -2.04. The standard InChI is InChI=1S/C14H19N3O/c1-10(2)9-18-13-5-3-11(4-6-13)14-16-8-12(7-15)17-14/h3-6,8,10H,7,9,15H2,1-2H3,(H,16,17). The van der Waals surface area contributed by atoms with E-state index in [9.17, 15) is 0 Å². The first-order valence-corrected chi connectivity index (χ1v) is 6.16. The third-order valence-electron chi connectivity index (χ3n) is 2.56. The van der Waals surface area contributed by atoms with Crippen LogP contribution in [0.4, 0.5) is 0 Å². The minimum absolute atomic E-state index is 0.475. The molecule has 0 aliphatic carbocycles. The van der Waals surface area contributed by atoms with Gasteiger partial charge in [-0.25, -0.2) is 4.98 Å². The molecule has 0 unspecified atom stereocenters. The Hall–Kier alpha value is -1.81. The van der Waals surface area contributed by atoms with E-state index in [0.29, 0.717) is 12.5 Å². The summed E-state index contributed by atoms with van der Waals surface area (Å²) in [5.41, 5.74) is 7.51. The molecule has 2 aromatic rings. The Morgan fingerprint density at radius 3 is 2.56 bits per heavy atom. The fraction of sp³-hybridized carbons (Fsp3) is 0.357. The first-order valence-electron chi connectivity index (χ1n) is 6.16. The number of nitrogens with one attached hydrogen (secondary N) is 1. The number of H-pyrrole nitrogens is 1. The van der Waals surface area contributed by atoms with Crippen LogP contribution in [0.3, 0.4) is 0 Å². The summed E-state index contributed by atoms with van der Waals surface area (Å²) in [6, 6.07) is 7.91. The van der Waals surface area contributed by atoms with Gasteiger partial charge in [0.2, 0.25) is 0 Å². The van der Waals surface area contributed by atoms with Gasteiger partial charge in [0.05, 0.1) is 6.61 Å². The van der Waals surface area contributed by atoms with E-state index in [1.54, 1.807) is 6.20 Å². The molecule has 0 saturated heterocycles. The van der Waals surface area contributed by atoms with Gasteiger partial charge < -0.3 is 15.5 Å². The molecule has 0 atom stereocenters. The number of imidazole rings is 1. The van der Waals surface area contributed by atoms with Gasteiger partial charge in [-0.1, -0.05) is 13.8 Å². The molecule has 0 radical (unpaired) electrons. The summed E-state index contributed by atoms with van der Waals surface area (Å²) >= 11 is 0. The Bertz CT molecular complexity index is 488. The van der Waals surface area contributed by atoms with Gasteiger partial charge in [-0.3, -0.25) is 0 Å². The highest BCUT2D eigenvalue weighted by molar-refractivity contribution is 5.56. The third kappa shape index (κ3) is 3.11. The van der Waals surface area contributed by atoms with E-state index >= 15 is 0 Å². The minimum atomic E-state index is 0.475. The van der Waals surface area contributed by atoms with Crippen LogP contribution in [0.2, 0.25) is 0 Å². The van der Waals surface area contributed by atoms with E-state index < -0.39 is 0 Å². The van der Waals surface area contributed by atoms with E-state index in [2.05, 4.69) is 23.8 Å². The van der Waals surface area contributed by atoms with Crippen LogP contribution in [0.5, 0.6) is 5.75 Å². The van der Waals surface area contributed by atoms with Crippen molar-refractivity contribution in [1.29, 1.82) is 0 Å². The zero-order valence-corrected chi connectivity index (χ0v) is 10.8. The number of ether oxygens (including phenoxy) is 1. The molecular weight excluding hydrogens is 226 g/mol. The number of nitrogens with two attached hydrogens (primary N) is 1. The minimum Gasteiger partial charge on any atom is -0.493 e. The number of nitrogens with zero attached hydrogens (tertiary/aromatic N) is 1. The average molecular weight is 245 g/mol. The Morgan fingerprint density at radius 1 is 1.28 bits per heavy atom. The second-order valence-corrected chi connectivity index (χ2v) is 4.69. The summed E-state index contributed by atoms with van der Waals surface area (Å²) in [7, 11) is 0. The highest BCUT2D eigenvalue weighted by Crippen LogP contribution is 2.20. The number of aromatic amines is 1. The molecule has 0 bridgehead atoms. The first kappa shape index (κ1) is 12.6. The molecular formula is C14H19N3O. The zero-order chi connectivity index (χ0) is 13.0. The number of aromatic nitrogens is 2. The Labute approximate surface area is 107 Å². The molecule has 0 aliphatic rings. The van der Waals surface area contributed by atoms with Crippen molar-refractivity contribution >= 4 is 0 Å². The van der Waals surface area contributed by atoms with Gasteiger partial charge in [-0.05, 0) is 30.2 Å². The van der Waals surface area contributed by atoms with Gasteiger partial charge in [0, 0.05) is 24.0 Å². The van der Waals surface area contributed by atoms with E-state index in [4.69, 9.17) is 10.5 Å². The molecule has 1 heterocycles.